The molecule has 142 valence electrons. The highest BCUT2D eigenvalue weighted by atomic mass is 16.5. The van der Waals surface area contributed by atoms with Gasteiger partial charge in [-0.3, -0.25) is 4.79 Å². The first-order chi connectivity index (χ1) is 14.3. The minimum Gasteiger partial charge on any atom is -0.457 e. The van der Waals surface area contributed by atoms with E-state index >= 15 is 0 Å². The Kier molecular flexibility index (Phi) is 4.25. The lowest BCUT2D eigenvalue weighted by molar-refractivity contribution is -0.122. The van der Waals surface area contributed by atoms with E-state index in [2.05, 4.69) is 20.8 Å². The lowest BCUT2D eigenvalue weighted by Crippen LogP contribution is -2.32. The summed E-state index contributed by atoms with van der Waals surface area (Å²) < 4.78 is 7.59. The van der Waals surface area contributed by atoms with E-state index in [9.17, 15) is 4.79 Å². The fourth-order valence-electron chi connectivity index (χ4n) is 3.55. The van der Waals surface area contributed by atoms with Gasteiger partial charge < -0.3 is 10.1 Å². The van der Waals surface area contributed by atoms with E-state index < -0.39 is 5.92 Å². The molecule has 4 aromatic rings. The Hall–Kier alpha value is -4.00. The smallest absolute Gasteiger partial charge is 0.232 e. The number of nitrogens with zero attached hydrogens (tertiary/aromatic N) is 4. The molecule has 1 N–H and O–H groups in total. The molecule has 0 saturated heterocycles. The van der Waals surface area contributed by atoms with Crippen molar-refractivity contribution in [1.29, 1.82) is 0 Å². The molecule has 0 fully saturated rings. The average Bonchev–Trinajstić information content (AvgIpc) is 3.25. The number of ether oxygens (including phenoxy) is 1. The number of hydrogen-bond donors (Lipinski definition) is 1. The summed E-state index contributed by atoms with van der Waals surface area (Å²) >= 11 is 0. The molecule has 1 aliphatic heterocycles. The van der Waals surface area contributed by atoms with Crippen LogP contribution in [0, 0.1) is 0 Å². The average molecular weight is 383 g/mol. The van der Waals surface area contributed by atoms with Crippen LogP contribution in [0.2, 0.25) is 0 Å². The van der Waals surface area contributed by atoms with Crippen molar-refractivity contribution in [2.24, 2.45) is 0 Å². The lowest BCUT2D eigenvalue weighted by Gasteiger charge is -2.27. The fourth-order valence-corrected chi connectivity index (χ4v) is 3.55. The number of benzene rings is 3. The number of para-hydroxylation sites is 3. The summed E-state index contributed by atoms with van der Waals surface area (Å²) in [6.45, 7) is 0.211. The van der Waals surface area contributed by atoms with E-state index in [0.717, 1.165) is 16.8 Å². The third-order valence-electron chi connectivity index (χ3n) is 4.90. The molecule has 3 aromatic carbocycles. The molecule has 0 bridgehead atoms. The van der Waals surface area contributed by atoms with Gasteiger partial charge in [0.1, 0.15) is 11.5 Å². The first-order valence-corrected chi connectivity index (χ1v) is 9.27. The number of rotatable bonds is 4. The van der Waals surface area contributed by atoms with Gasteiger partial charge in [-0.05, 0) is 34.7 Å². The second kappa shape index (κ2) is 7.20. The Morgan fingerprint density at radius 1 is 0.897 bits per heavy atom. The number of amides is 1. The number of hydrogen-bond acceptors (Lipinski definition) is 5. The largest absolute Gasteiger partial charge is 0.457 e. The van der Waals surface area contributed by atoms with Crippen molar-refractivity contribution in [3.8, 4) is 17.2 Å². The van der Waals surface area contributed by atoms with Gasteiger partial charge in [0.25, 0.3) is 0 Å². The zero-order valence-corrected chi connectivity index (χ0v) is 15.4. The van der Waals surface area contributed by atoms with Crippen molar-refractivity contribution in [3.05, 3.63) is 95.8 Å². The molecule has 0 saturated carbocycles. The molecule has 0 unspecified atom stereocenters. The lowest BCUT2D eigenvalue weighted by atomic mass is 9.87. The second-order valence-electron chi connectivity index (χ2n) is 6.67. The van der Waals surface area contributed by atoms with Gasteiger partial charge in [0, 0.05) is 11.1 Å². The maximum Gasteiger partial charge on any atom is 0.232 e. The van der Waals surface area contributed by atoms with E-state index in [0.29, 0.717) is 17.3 Å². The molecule has 0 atom stereocenters. The topological polar surface area (TPSA) is 81.9 Å². The zero-order chi connectivity index (χ0) is 19.6. The Morgan fingerprint density at radius 2 is 1.52 bits per heavy atom. The van der Waals surface area contributed by atoms with Crippen molar-refractivity contribution in [2.45, 2.75) is 12.5 Å². The molecule has 0 spiro atoms. The van der Waals surface area contributed by atoms with Crippen LogP contribution in [0.4, 0.5) is 0 Å². The van der Waals surface area contributed by atoms with Crippen molar-refractivity contribution < 1.29 is 9.53 Å². The third-order valence-corrected chi connectivity index (χ3v) is 4.90. The normalized spacial score (nSPS) is 12.6. The molecular formula is C22H17N5O2. The molecule has 5 rings (SSSR count). The molecule has 0 radical (unpaired) electrons. The molecule has 2 heterocycles. The van der Waals surface area contributed by atoms with Crippen LogP contribution in [0.25, 0.3) is 5.69 Å². The number of aromatic nitrogens is 4. The zero-order valence-electron chi connectivity index (χ0n) is 15.4. The van der Waals surface area contributed by atoms with Crippen LogP contribution >= 0.6 is 0 Å². The van der Waals surface area contributed by atoms with Crippen LogP contribution in [-0.2, 0) is 11.3 Å². The second-order valence-corrected chi connectivity index (χ2v) is 6.67. The number of fused-ring (bicyclic) bond motifs is 2. The van der Waals surface area contributed by atoms with Gasteiger partial charge >= 0.3 is 0 Å². The number of carbonyl (C=O) groups excluding carboxylic acids is 1. The monoisotopic (exact) mass is 383 g/mol. The van der Waals surface area contributed by atoms with Gasteiger partial charge in [-0.15, -0.1) is 5.10 Å². The fraction of sp³-hybridized carbons (Fsp3) is 0.0909. The Bertz CT molecular complexity index is 1130. The van der Waals surface area contributed by atoms with E-state index in [4.69, 9.17) is 4.74 Å². The van der Waals surface area contributed by atoms with Crippen LogP contribution < -0.4 is 10.1 Å². The number of carbonyl (C=O) groups is 1. The van der Waals surface area contributed by atoms with E-state index in [-0.39, 0.29) is 12.5 Å². The quantitative estimate of drug-likeness (QED) is 0.585. The van der Waals surface area contributed by atoms with Crippen LogP contribution in [0.15, 0.2) is 78.9 Å². The van der Waals surface area contributed by atoms with Gasteiger partial charge in [-0.1, -0.05) is 54.6 Å². The third kappa shape index (κ3) is 3.12. The minimum absolute atomic E-state index is 0.129. The standard InChI is InChI=1S/C22H17N5O2/c28-22(23-14-20-24-25-26-27(20)15-8-2-1-3-9-15)21-16-10-4-6-12-18(16)29-19-13-7-5-11-17(19)21/h1-13,21H,14H2,(H,23,28). The molecule has 29 heavy (non-hydrogen) atoms. The van der Waals surface area contributed by atoms with Crippen molar-refractivity contribution in [1.82, 2.24) is 25.5 Å². The van der Waals surface area contributed by atoms with Crippen LogP contribution in [0.1, 0.15) is 22.9 Å². The maximum atomic E-state index is 13.2. The predicted molar refractivity (Wildman–Crippen MR) is 106 cm³/mol. The summed E-state index contributed by atoms with van der Waals surface area (Å²) in [6, 6.07) is 24.8. The van der Waals surface area contributed by atoms with Gasteiger partial charge in [0.2, 0.25) is 5.91 Å². The van der Waals surface area contributed by atoms with Crippen molar-refractivity contribution >= 4 is 5.91 Å². The van der Waals surface area contributed by atoms with Crippen molar-refractivity contribution in [3.63, 3.8) is 0 Å². The Balaban J connectivity index is 1.42. The number of nitrogens with one attached hydrogen (secondary N) is 1. The first-order valence-electron chi connectivity index (χ1n) is 9.27. The molecule has 7 heteroatoms. The SMILES string of the molecule is O=C(NCc1nnnn1-c1ccccc1)C1c2ccccc2Oc2ccccc21. The summed E-state index contributed by atoms with van der Waals surface area (Å²) in [5, 5.41) is 14.8. The molecule has 0 aliphatic carbocycles. The highest BCUT2D eigenvalue weighted by Crippen LogP contribution is 2.43. The predicted octanol–water partition coefficient (Wildman–Crippen LogP) is 3.22. The van der Waals surface area contributed by atoms with Gasteiger partial charge in [-0.2, -0.15) is 4.68 Å². The maximum absolute atomic E-state index is 13.2. The highest BCUT2D eigenvalue weighted by molar-refractivity contribution is 5.89. The van der Waals surface area contributed by atoms with Crippen molar-refractivity contribution in [2.75, 3.05) is 0 Å². The summed E-state index contributed by atoms with van der Waals surface area (Å²) in [7, 11) is 0. The molecule has 1 amide bonds. The minimum atomic E-state index is -0.461. The summed E-state index contributed by atoms with van der Waals surface area (Å²) in [4.78, 5) is 13.2. The molecule has 1 aliphatic rings. The van der Waals surface area contributed by atoms with E-state index in [1.165, 1.54) is 0 Å². The van der Waals surface area contributed by atoms with Gasteiger partial charge in [0.15, 0.2) is 5.82 Å². The summed E-state index contributed by atoms with van der Waals surface area (Å²) in [5.74, 6) is 1.35. The number of tetrazole rings is 1. The molecular weight excluding hydrogens is 366 g/mol. The van der Waals surface area contributed by atoms with Crippen LogP contribution in [0.5, 0.6) is 11.5 Å². The Morgan fingerprint density at radius 3 is 2.21 bits per heavy atom. The summed E-state index contributed by atoms with van der Waals surface area (Å²) in [6.07, 6.45) is 0. The van der Waals surface area contributed by atoms with E-state index in [1.807, 2.05) is 78.9 Å². The first kappa shape index (κ1) is 17.1. The highest BCUT2D eigenvalue weighted by Gasteiger charge is 2.32. The van der Waals surface area contributed by atoms with Gasteiger partial charge in [-0.25, -0.2) is 0 Å². The van der Waals surface area contributed by atoms with Crippen LogP contribution in [-0.4, -0.2) is 26.1 Å². The van der Waals surface area contributed by atoms with Gasteiger partial charge in [0.05, 0.1) is 18.2 Å². The van der Waals surface area contributed by atoms with Crippen LogP contribution in [0.3, 0.4) is 0 Å². The van der Waals surface area contributed by atoms with E-state index in [1.54, 1.807) is 4.68 Å². The Labute approximate surface area is 167 Å². The summed E-state index contributed by atoms with van der Waals surface area (Å²) in [5.41, 5.74) is 2.52. The molecule has 1 aromatic heterocycles. The molecule has 7 nitrogen and oxygen atoms in total.